The Kier molecular flexibility index (Phi) is 5.09. The summed E-state index contributed by atoms with van der Waals surface area (Å²) in [5.74, 6) is -0.0659. The number of allylic oxidation sites excluding steroid dienone is 2. The molecule has 0 radical (unpaired) electrons. The van der Waals surface area contributed by atoms with Gasteiger partial charge in [0.05, 0.1) is 23.3 Å². The molecule has 1 atom stereocenters. The molecule has 1 unspecified atom stereocenters. The van der Waals surface area contributed by atoms with Gasteiger partial charge in [0.1, 0.15) is 35.0 Å². The van der Waals surface area contributed by atoms with Crippen molar-refractivity contribution in [1.82, 2.24) is 29.5 Å². The second-order valence-corrected chi connectivity index (χ2v) is 6.78. The minimum atomic E-state index is -0.379. The van der Waals surface area contributed by atoms with Gasteiger partial charge in [-0.05, 0) is 31.6 Å². The predicted octanol–water partition coefficient (Wildman–Crippen LogP) is 3.68. The quantitative estimate of drug-likeness (QED) is 0.476. The zero-order valence-corrected chi connectivity index (χ0v) is 16.6. The average molecular weight is 404 g/mol. The molecule has 1 aromatic carbocycles. The highest BCUT2D eigenvalue weighted by Gasteiger charge is 2.23. The molecule has 9 heteroatoms. The van der Waals surface area contributed by atoms with E-state index in [1.807, 2.05) is 24.6 Å². The summed E-state index contributed by atoms with van der Waals surface area (Å²) in [5.41, 5.74) is 8.66. The molecule has 30 heavy (non-hydrogen) atoms. The fraction of sp³-hybridized carbons (Fsp3) is 0.190. The van der Waals surface area contributed by atoms with Crippen LogP contribution in [-0.2, 0) is 0 Å². The Bertz CT molecular complexity index is 1250. The molecule has 0 amide bonds. The number of nitrogens with zero attached hydrogens (tertiary/aromatic N) is 6. The molecule has 3 aromatic heterocycles. The number of para-hydroxylation sites is 1. The maximum Gasteiger partial charge on any atom is 0.148 e. The van der Waals surface area contributed by atoms with Gasteiger partial charge in [0.2, 0.25) is 0 Å². The summed E-state index contributed by atoms with van der Waals surface area (Å²) in [7, 11) is 0. The van der Waals surface area contributed by atoms with Crippen molar-refractivity contribution < 1.29 is 4.39 Å². The Hall–Kier alpha value is -3.88. The van der Waals surface area contributed by atoms with Crippen molar-refractivity contribution in [2.75, 3.05) is 5.73 Å². The monoisotopic (exact) mass is 404 g/mol. The van der Waals surface area contributed by atoms with Crippen molar-refractivity contribution in [3.8, 4) is 5.69 Å². The molecule has 0 saturated carbocycles. The highest BCUT2D eigenvalue weighted by Crippen LogP contribution is 2.31. The van der Waals surface area contributed by atoms with Crippen LogP contribution in [0, 0.1) is 11.2 Å². The molecule has 0 fully saturated rings. The van der Waals surface area contributed by atoms with Crippen molar-refractivity contribution in [2.24, 2.45) is 0 Å². The van der Waals surface area contributed by atoms with Gasteiger partial charge in [0, 0.05) is 11.8 Å². The van der Waals surface area contributed by atoms with E-state index in [2.05, 4.69) is 20.3 Å². The van der Waals surface area contributed by atoms with Crippen LogP contribution >= 0.6 is 0 Å². The standard InChI is InChI=1S/C21H21FN8/c1-3-7-15(23)13-10-29(21-19(13)20(24)25-12-26-21)17(4-2)16-11-30(28-27-16)18-9-6-5-8-14(18)22/h3,5-12,17,23H,4H2,1-2H3,(H2,24,25,26)/b7-3-,23-15?. The van der Waals surface area contributed by atoms with Crippen LogP contribution in [0.4, 0.5) is 10.2 Å². The second-order valence-electron chi connectivity index (χ2n) is 6.78. The third-order valence-electron chi connectivity index (χ3n) is 4.94. The average Bonchev–Trinajstić information content (AvgIpc) is 3.36. The number of halogens is 1. The van der Waals surface area contributed by atoms with Crippen molar-refractivity contribution >= 4 is 22.6 Å². The molecule has 0 spiro atoms. The van der Waals surface area contributed by atoms with Gasteiger partial charge in [-0.15, -0.1) is 5.10 Å². The van der Waals surface area contributed by atoms with E-state index in [4.69, 9.17) is 11.1 Å². The molecule has 4 rings (SSSR count). The smallest absolute Gasteiger partial charge is 0.148 e. The van der Waals surface area contributed by atoms with Crippen LogP contribution in [0.3, 0.4) is 0 Å². The van der Waals surface area contributed by atoms with Gasteiger partial charge < -0.3 is 15.7 Å². The molecule has 0 saturated heterocycles. The fourth-order valence-electron chi connectivity index (χ4n) is 3.54. The number of aromatic nitrogens is 6. The van der Waals surface area contributed by atoms with Gasteiger partial charge in [-0.2, -0.15) is 0 Å². The molecular weight excluding hydrogens is 383 g/mol. The zero-order chi connectivity index (χ0) is 21.3. The first-order valence-corrected chi connectivity index (χ1v) is 9.54. The highest BCUT2D eigenvalue weighted by molar-refractivity contribution is 6.16. The SMILES string of the molecule is C/C=C\C(=N)c1cn(C(CC)c2cn(-c3ccccc3F)nn2)c2ncnc(N)c12. The predicted molar refractivity (Wildman–Crippen MR) is 113 cm³/mol. The number of rotatable bonds is 6. The summed E-state index contributed by atoms with van der Waals surface area (Å²) in [4.78, 5) is 8.51. The number of nitrogens with two attached hydrogens (primary N) is 1. The first kappa shape index (κ1) is 19.4. The zero-order valence-electron chi connectivity index (χ0n) is 16.6. The number of fused-ring (bicyclic) bond motifs is 1. The summed E-state index contributed by atoms with van der Waals surface area (Å²) in [5, 5.41) is 17.4. The van der Waals surface area contributed by atoms with Gasteiger partial charge >= 0.3 is 0 Å². The molecule has 8 nitrogen and oxygen atoms in total. The summed E-state index contributed by atoms with van der Waals surface area (Å²) in [6, 6.07) is 6.17. The maximum absolute atomic E-state index is 14.2. The number of nitrogens with one attached hydrogen (secondary N) is 1. The summed E-state index contributed by atoms with van der Waals surface area (Å²) in [6.45, 7) is 3.86. The van der Waals surface area contributed by atoms with Crippen LogP contribution < -0.4 is 5.73 Å². The first-order valence-electron chi connectivity index (χ1n) is 9.54. The van der Waals surface area contributed by atoms with Crippen molar-refractivity contribution in [3.05, 3.63) is 72.2 Å². The largest absolute Gasteiger partial charge is 0.383 e. The minimum absolute atomic E-state index is 0.227. The third kappa shape index (κ3) is 3.24. The van der Waals surface area contributed by atoms with E-state index in [1.54, 1.807) is 36.5 Å². The van der Waals surface area contributed by atoms with E-state index in [-0.39, 0.29) is 11.9 Å². The Balaban J connectivity index is 1.84. The molecular formula is C21H21FN8. The topological polar surface area (TPSA) is 111 Å². The summed E-state index contributed by atoms with van der Waals surface area (Å²) >= 11 is 0. The highest BCUT2D eigenvalue weighted by atomic mass is 19.1. The summed E-state index contributed by atoms with van der Waals surface area (Å²) in [6.07, 6.45) is 9.12. The molecule has 152 valence electrons. The molecule has 0 aliphatic rings. The van der Waals surface area contributed by atoms with Crippen molar-refractivity contribution in [3.63, 3.8) is 0 Å². The number of hydrogen-bond donors (Lipinski definition) is 2. The van der Waals surface area contributed by atoms with Gasteiger partial charge in [0.15, 0.2) is 0 Å². The lowest BCUT2D eigenvalue weighted by Crippen LogP contribution is -2.10. The Labute approximate surface area is 172 Å². The minimum Gasteiger partial charge on any atom is -0.383 e. The Morgan fingerprint density at radius 3 is 2.80 bits per heavy atom. The van der Waals surface area contributed by atoms with E-state index in [1.165, 1.54) is 17.1 Å². The lowest BCUT2D eigenvalue weighted by atomic mass is 10.1. The molecule has 0 bridgehead atoms. The molecule has 4 aromatic rings. The first-order chi connectivity index (χ1) is 14.5. The van der Waals surface area contributed by atoms with E-state index >= 15 is 0 Å². The van der Waals surface area contributed by atoms with Crippen LogP contribution in [0.2, 0.25) is 0 Å². The third-order valence-corrected chi connectivity index (χ3v) is 4.94. The van der Waals surface area contributed by atoms with Crippen LogP contribution in [0.5, 0.6) is 0 Å². The lowest BCUT2D eigenvalue weighted by Gasteiger charge is -2.15. The van der Waals surface area contributed by atoms with Gasteiger partial charge in [0.25, 0.3) is 0 Å². The number of anilines is 1. The normalized spacial score (nSPS) is 12.6. The van der Waals surface area contributed by atoms with Gasteiger partial charge in [-0.25, -0.2) is 19.0 Å². The summed E-state index contributed by atoms with van der Waals surface area (Å²) < 4.78 is 17.5. The molecule has 0 aliphatic carbocycles. The van der Waals surface area contributed by atoms with E-state index in [9.17, 15) is 4.39 Å². The second kappa shape index (κ2) is 7.86. The Morgan fingerprint density at radius 2 is 2.07 bits per heavy atom. The molecule has 3 heterocycles. The Morgan fingerprint density at radius 1 is 1.27 bits per heavy atom. The van der Waals surface area contributed by atoms with E-state index in [0.717, 1.165) is 0 Å². The van der Waals surface area contributed by atoms with Gasteiger partial charge in [-0.1, -0.05) is 30.3 Å². The number of hydrogen-bond acceptors (Lipinski definition) is 6. The van der Waals surface area contributed by atoms with E-state index < -0.39 is 0 Å². The molecule has 3 N–H and O–H groups in total. The number of benzene rings is 1. The van der Waals surface area contributed by atoms with Crippen molar-refractivity contribution in [2.45, 2.75) is 26.3 Å². The lowest BCUT2D eigenvalue weighted by molar-refractivity contribution is 0.564. The number of nitrogen functional groups attached to an aromatic ring is 1. The van der Waals surface area contributed by atoms with Crippen LogP contribution in [-0.4, -0.2) is 35.2 Å². The fourth-order valence-corrected chi connectivity index (χ4v) is 3.54. The maximum atomic E-state index is 14.2. The van der Waals surface area contributed by atoms with Crippen LogP contribution in [0.25, 0.3) is 16.7 Å². The van der Waals surface area contributed by atoms with Crippen molar-refractivity contribution in [1.29, 1.82) is 5.41 Å². The van der Waals surface area contributed by atoms with E-state index in [0.29, 0.717) is 45.9 Å². The van der Waals surface area contributed by atoms with Crippen LogP contribution in [0.15, 0.2) is 55.1 Å². The van der Waals surface area contributed by atoms with Crippen LogP contribution in [0.1, 0.15) is 37.6 Å². The molecule has 0 aliphatic heterocycles. The van der Waals surface area contributed by atoms with Gasteiger partial charge in [-0.3, -0.25) is 0 Å².